The van der Waals surface area contributed by atoms with Gasteiger partial charge in [-0.15, -0.1) is 11.3 Å². The molecular formula is C40H44N10O9S. The molecule has 9 N–H and O–H groups in total. The number of para-hydroxylation sites is 1. The molecule has 4 heterocycles. The number of carbonyl (C=O) groups excluding carboxylic acids is 7. The third-order valence-electron chi connectivity index (χ3n) is 9.77. The number of aromatic amines is 2. The Kier molecular flexibility index (Phi) is 13.2. The second kappa shape index (κ2) is 18.7. The number of likely N-dealkylation sites (N-methyl/N-ethyl adjacent to an activating group) is 1. The molecule has 2 aromatic carbocycles. The zero-order valence-corrected chi connectivity index (χ0v) is 33.7. The number of fused-ring (bicyclic) bond motifs is 4. The molecule has 0 saturated heterocycles. The van der Waals surface area contributed by atoms with Gasteiger partial charge in [0, 0.05) is 59.5 Å². The maximum atomic E-state index is 14.4. The molecule has 0 spiro atoms. The number of hydrogen-bond donors (Lipinski definition) is 9. The van der Waals surface area contributed by atoms with Crippen LogP contribution in [0.15, 0.2) is 72.5 Å². The predicted molar refractivity (Wildman–Crippen MR) is 219 cm³/mol. The summed E-state index contributed by atoms with van der Waals surface area (Å²) in [6.07, 6.45) is 3.29. The lowest BCUT2D eigenvalue weighted by molar-refractivity contribution is -0.134. The zero-order valence-electron chi connectivity index (χ0n) is 32.8. The van der Waals surface area contributed by atoms with Crippen molar-refractivity contribution in [2.75, 3.05) is 33.9 Å². The van der Waals surface area contributed by atoms with Crippen molar-refractivity contribution in [3.63, 3.8) is 0 Å². The number of aliphatic hydroxyl groups excluding tert-OH is 1. The van der Waals surface area contributed by atoms with Crippen LogP contribution in [0.2, 0.25) is 0 Å². The van der Waals surface area contributed by atoms with Crippen LogP contribution in [0.1, 0.15) is 39.6 Å². The number of thiazole rings is 1. The fraction of sp³-hybridized carbons (Fsp3) is 0.300. The molecule has 7 amide bonds. The van der Waals surface area contributed by atoms with Crippen LogP contribution in [0.25, 0.3) is 21.8 Å². The lowest BCUT2D eigenvalue weighted by Gasteiger charge is -2.23. The highest BCUT2D eigenvalue weighted by molar-refractivity contribution is 7.10. The minimum atomic E-state index is -1.31. The predicted octanol–water partition coefficient (Wildman–Crippen LogP) is 0.0553. The molecule has 4 atom stereocenters. The highest BCUT2D eigenvalue weighted by Crippen LogP contribution is 2.29. The Labute approximate surface area is 346 Å². The van der Waals surface area contributed by atoms with Gasteiger partial charge in [-0.3, -0.25) is 33.6 Å². The third kappa shape index (κ3) is 9.79. The monoisotopic (exact) mass is 840 g/mol. The molecule has 0 fully saturated rings. The Morgan fingerprint density at radius 2 is 1.53 bits per heavy atom. The first-order valence-electron chi connectivity index (χ1n) is 18.7. The molecule has 314 valence electrons. The molecule has 3 aromatic heterocycles. The number of nitrogens with one attached hydrogen (secondary N) is 8. The maximum absolute atomic E-state index is 14.4. The van der Waals surface area contributed by atoms with Crippen molar-refractivity contribution in [2.45, 2.75) is 43.9 Å². The Morgan fingerprint density at radius 1 is 0.833 bits per heavy atom. The number of nitrogens with zero attached hydrogens (tertiary/aromatic N) is 2. The summed E-state index contributed by atoms with van der Waals surface area (Å²) in [4.78, 5) is 106. The third-order valence-corrected chi connectivity index (χ3v) is 10.7. The molecule has 0 radical (unpaired) electrons. The summed E-state index contributed by atoms with van der Waals surface area (Å²) in [5, 5.41) is 28.6. The zero-order chi connectivity index (χ0) is 43.1. The molecule has 19 nitrogen and oxygen atoms in total. The number of amides is 7. The van der Waals surface area contributed by atoms with Gasteiger partial charge in [-0.2, -0.15) is 0 Å². The molecule has 60 heavy (non-hydrogen) atoms. The van der Waals surface area contributed by atoms with Gasteiger partial charge in [0.15, 0.2) is 0 Å². The molecule has 1 aliphatic rings. The van der Waals surface area contributed by atoms with Crippen LogP contribution in [0.5, 0.6) is 5.75 Å². The first-order valence-corrected chi connectivity index (χ1v) is 19.6. The largest absolute Gasteiger partial charge is 0.496 e. The first-order chi connectivity index (χ1) is 28.8. The molecule has 1 aliphatic heterocycles. The standard InChI is InChI=1S/C40H44N10O9S/c1-20-35(54)45-21(2)40(58)50(3)17-33(53)46-29(18-51)39-49-30(19-60-39)38(57)48-28(12-22-14-41-25-9-6-5-8-24(22)25)37(56)47-27(36(55)43-16-32(52)44-20)13-23-15-42-26-10-7-11-31(59-4)34(23)26/h5-11,14-15,19-20,27-29,41-42,51H,2,12-13,16-18H2,1,3-4H3,(H,43,55)(H,44,52)(H,45,54)(H,46,53)(H,47,56)(H,48,57)/t20-,27+,28-,29+/m0/s1. The fourth-order valence-electron chi connectivity index (χ4n) is 6.67. The minimum absolute atomic E-state index is 0.0236. The Hall–Kier alpha value is -7.06. The van der Waals surface area contributed by atoms with Crippen molar-refractivity contribution in [1.29, 1.82) is 0 Å². The van der Waals surface area contributed by atoms with Gasteiger partial charge in [0.1, 0.15) is 40.6 Å². The van der Waals surface area contributed by atoms with Gasteiger partial charge in [0.05, 0.1) is 32.5 Å². The van der Waals surface area contributed by atoms with Crippen LogP contribution in [0.4, 0.5) is 0 Å². The number of aromatic nitrogens is 3. The van der Waals surface area contributed by atoms with Gasteiger partial charge in [-0.25, -0.2) is 4.98 Å². The second-order valence-electron chi connectivity index (χ2n) is 14.1. The second-order valence-corrected chi connectivity index (χ2v) is 15.0. The smallest absolute Gasteiger partial charge is 0.271 e. The average molecular weight is 841 g/mol. The van der Waals surface area contributed by atoms with E-state index in [0.717, 1.165) is 27.1 Å². The molecule has 20 heteroatoms. The van der Waals surface area contributed by atoms with Gasteiger partial charge in [0.25, 0.3) is 11.8 Å². The number of carbonyl (C=O) groups is 7. The fourth-order valence-corrected chi connectivity index (χ4v) is 7.51. The molecule has 0 unspecified atom stereocenters. The number of methoxy groups -OCH3 is 1. The summed E-state index contributed by atoms with van der Waals surface area (Å²) in [5.41, 5.74) is 2.28. The summed E-state index contributed by atoms with van der Waals surface area (Å²) in [6, 6.07) is 7.89. The summed E-state index contributed by atoms with van der Waals surface area (Å²) < 4.78 is 5.58. The lowest BCUT2D eigenvalue weighted by Crippen LogP contribution is -2.56. The van der Waals surface area contributed by atoms with E-state index >= 15 is 0 Å². The molecule has 2 bridgehead atoms. The van der Waals surface area contributed by atoms with E-state index in [4.69, 9.17) is 4.74 Å². The van der Waals surface area contributed by atoms with E-state index in [9.17, 15) is 38.7 Å². The molecule has 0 aliphatic carbocycles. The van der Waals surface area contributed by atoms with Crippen molar-refractivity contribution < 1.29 is 43.4 Å². The molecule has 0 saturated carbocycles. The minimum Gasteiger partial charge on any atom is -0.496 e. The SMILES string of the molecule is C=C1NC(=O)[C@H](C)NC(=O)CNC(=O)[C@@H](Cc2c[nH]c3cccc(OC)c23)NC(=O)[C@H](Cc2c[nH]c3ccccc23)NC(=O)c2csc(n2)[C@@H](CO)NC(=O)CN(C)C1=O. The topological polar surface area (TPSA) is 269 Å². The van der Waals surface area contributed by atoms with Crippen LogP contribution in [-0.4, -0.2) is 118 Å². The van der Waals surface area contributed by atoms with Gasteiger partial charge >= 0.3 is 0 Å². The normalized spacial score (nSPS) is 20.8. The van der Waals surface area contributed by atoms with Crippen molar-refractivity contribution >= 4 is 74.5 Å². The van der Waals surface area contributed by atoms with Crippen molar-refractivity contribution in [1.82, 2.24) is 51.8 Å². The highest BCUT2D eigenvalue weighted by Gasteiger charge is 2.31. The van der Waals surface area contributed by atoms with Crippen LogP contribution in [0.3, 0.4) is 0 Å². The lowest BCUT2D eigenvalue weighted by atomic mass is 10.0. The number of benzene rings is 2. The van der Waals surface area contributed by atoms with Gasteiger partial charge in [-0.1, -0.05) is 30.8 Å². The van der Waals surface area contributed by atoms with Crippen molar-refractivity contribution in [3.05, 3.63) is 94.3 Å². The van der Waals surface area contributed by atoms with E-state index in [1.807, 2.05) is 30.3 Å². The van der Waals surface area contributed by atoms with E-state index in [0.29, 0.717) is 27.8 Å². The van der Waals surface area contributed by atoms with Gasteiger partial charge in [-0.05, 0) is 36.2 Å². The van der Waals surface area contributed by atoms with E-state index in [2.05, 4.69) is 53.4 Å². The van der Waals surface area contributed by atoms with Crippen LogP contribution in [0, 0.1) is 0 Å². The van der Waals surface area contributed by atoms with E-state index in [-0.39, 0.29) is 29.2 Å². The van der Waals surface area contributed by atoms with Crippen molar-refractivity contribution in [3.8, 4) is 5.75 Å². The number of H-pyrrole nitrogens is 2. The number of rotatable bonds is 6. The van der Waals surface area contributed by atoms with E-state index < -0.39 is 85.2 Å². The van der Waals surface area contributed by atoms with Crippen molar-refractivity contribution in [2.24, 2.45) is 0 Å². The number of hydrogen-bond acceptors (Lipinski definition) is 11. The molecule has 6 rings (SSSR count). The Morgan fingerprint density at radius 3 is 2.30 bits per heavy atom. The van der Waals surface area contributed by atoms with Crippen LogP contribution >= 0.6 is 11.3 Å². The first kappa shape index (κ1) is 42.5. The summed E-state index contributed by atoms with van der Waals surface area (Å²) in [5.74, 6) is -4.81. The van der Waals surface area contributed by atoms with E-state index in [1.165, 1.54) is 26.5 Å². The average Bonchev–Trinajstić information content (AvgIpc) is 4.00. The van der Waals surface area contributed by atoms with Gasteiger partial charge < -0.3 is 56.6 Å². The molecular weight excluding hydrogens is 797 g/mol. The summed E-state index contributed by atoms with van der Waals surface area (Å²) in [7, 11) is 2.80. The Bertz CT molecular complexity index is 2470. The maximum Gasteiger partial charge on any atom is 0.271 e. The van der Waals surface area contributed by atoms with Gasteiger partial charge in [0.2, 0.25) is 29.5 Å². The summed E-state index contributed by atoms with van der Waals surface area (Å²) >= 11 is 0.973. The Balaban J connectivity index is 1.35. The quantitative estimate of drug-likeness (QED) is 0.104. The number of aliphatic hydroxyl groups is 1. The summed E-state index contributed by atoms with van der Waals surface area (Å²) in [6.45, 7) is 3.21. The highest BCUT2D eigenvalue weighted by atomic mass is 32.1. The van der Waals surface area contributed by atoms with E-state index in [1.54, 1.807) is 24.5 Å². The molecule has 5 aromatic rings. The van der Waals surface area contributed by atoms with Crippen LogP contribution < -0.4 is 36.6 Å². The van der Waals surface area contributed by atoms with Crippen LogP contribution in [-0.2, 0) is 41.6 Å². The number of ether oxygens (including phenoxy) is 1.